The summed E-state index contributed by atoms with van der Waals surface area (Å²) in [6.45, 7) is 4.55. The van der Waals surface area contributed by atoms with Crippen molar-refractivity contribution in [1.29, 1.82) is 0 Å². The second-order valence-electron chi connectivity index (χ2n) is 6.68. The molecule has 27 heavy (non-hydrogen) atoms. The van der Waals surface area contributed by atoms with Crippen molar-refractivity contribution in [1.82, 2.24) is 4.90 Å². The summed E-state index contributed by atoms with van der Waals surface area (Å²) in [5, 5.41) is 2.86. The normalized spacial score (nSPS) is 13.2. The molecular formula is C21H22N2O3S. The largest absolute Gasteiger partial charge is 0.325 e. The van der Waals surface area contributed by atoms with Crippen molar-refractivity contribution in [3.8, 4) is 0 Å². The first-order valence-electron chi connectivity index (χ1n) is 8.90. The average molecular weight is 382 g/mol. The van der Waals surface area contributed by atoms with Crippen molar-refractivity contribution in [3.63, 3.8) is 0 Å². The molecule has 0 radical (unpaired) electrons. The maximum atomic E-state index is 12.3. The van der Waals surface area contributed by atoms with E-state index in [0.29, 0.717) is 29.3 Å². The highest BCUT2D eigenvalue weighted by Crippen LogP contribution is 2.22. The SMILES string of the molecule is CC(C)c1ccc(NC(=O)CSCCN2C(=O)c3ccccc3C2=O)cc1. The summed E-state index contributed by atoms with van der Waals surface area (Å²) in [6.07, 6.45) is 0. The Balaban J connectivity index is 1.43. The Bertz CT molecular complexity index is 827. The fourth-order valence-electron chi connectivity index (χ4n) is 2.91. The molecule has 0 aliphatic carbocycles. The number of imide groups is 1. The number of hydrogen-bond donors (Lipinski definition) is 1. The van der Waals surface area contributed by atoms with Gasteiger partial charge in [0.05, 0.1) is 16.9 Å². The molecule has 1 N–H and O–H groups in total. The molecule has 0 saturated carbocycles. The lowest BCUT2D eigenvalue weighted by Crippen LogP contribution is -2.32. The first-order chi connectivity index (χ1) is 13.0. The van der Waals surface area contributed by atoms with Gasteiger partial charge in [-0.1, -0.05) is 38.1 Å². The van der Waals surface area contributed by atoms with Crippen molar-refractivity contribution in [2.24, 2.45) is 0 Å². The third-order valence-electron chi connectivity index (χ3n) is 4.43. The summed E-state index contributed by atoms with van der Waals surface area (Å²) >= 11 is 1.40. The van der Waals surface area contributed by atoms with Crippen LogP contribution in [0.1, 0.15) is 46.0 Å². The van der Waals surface area contributed by atoms with E-state index in [1.54, 1.807) is 24.3 Å². The molecule has 3 amide bonds. The Hall–Kier alpha value is -2.60. The van der Waals surface area contributed by atoms with E-state index in [0.717, 1.165) is 5.69 Å². The fraction of sp³-hybridized carbons (Fsp3) is 0.286. The van der Waals surface area contributed by atoms with Crippen molar-refractivity contribution in [2.75, 3.05) is 23.4 Å². The highest BCUT2D eigenvalue weighted by molar-refractivity contribution is 7.99. The predicted octanol–water partition coefficient (Wildman–Crippen LogP) is 3.78. The van der Waals surface area contributed by atoms with Crippen LogP contribution in [0, 0.1) is 0 Å². The third-order valence-corrected chi connectivity index (χ3v) is 5.37. The molecule has 5 nitrogen and oxygen atoms in total. The van der Waals surface area contributed by atoms with Crippen molar-refractivity contribution in [3.05, 3.63) is 65.2 Å². The molecule has 0 unspecified atom stereocenters. The summed E-state index contributed by atoms with van der Waals surface area (Å²) in [5.74, 6) is 0.629. The summed E-state index contributed by atoms with van der Waals surface area (Å²) in [4.78, 5) is 37.8. The minimum atomic E-state index is -0.258. The zero-order valence-electron chi connectivity index (χ0n) is 15.4. The second kappa shape index (κ2) is 8.39. The topological polar surface area (TPSA) is 66.5 Å². The van der Waals surface area contributed by atoms with Crippen molar-refractivity contribution < 1.29 is 14.4 Å². The molecule has 2 aromatic rings. The Morgan fingerprint density at radius 2 is 1.59 bits per heavy atom. The molecule has 0 bridgehead atoms. The zero-order chi connectivity index (χ0) is 19.4. The molecule has 1 aliphatic heterocycles. The summed E-state index contributed by atoms with van der Waals surface area (Å²) in [7, 11) is 0. The van der Waals surface area contributed by atoms with Gasteiger partial charge in [-0.2, -0.15) is 11.8 Å². The van der Waals surface area contributed by atoms with Crippen LogP contribution in [-0.4, -0.2) is 40.7 Å². The second-order valence-corrected chi connectivity index (χ2v) is 7.79. The molecule has 0 aromatic heterocycles. The minimum Gasteiger partial charge on any atom is -0.325 e. The number of fused-ring (bicyclic) bond motifs is 1. The smallest absolute Gasteiger partial charge is 0.261 e. The number of carbonyl (C=O) groups excluding carboxylic acids is 3. The van der Waals surface area contributed by atoms with E-state index in [-0.39, 0.29) is 23.5 Å². The summed E-state index contributed by atoms with van der Waals surface area (Å²) in [6, 6.07) is 14.7. The number of nitrogens with zero attached hydrogens (tertiary/aromatic N) is 1. The van der Waals surface area contributed by atoms with E-state index in [9.17, 15) is 14.4 Å². The van der Waals surface area contributed by atoms with Crippen LogP contribution >= 0.6 is 11.8 Å². The summed E-state index contributed by atoms with van der Waals surface area (Å²) in [5.41, 5.74) is 2.90. The number of nitrogens with one attached hydrogen (secondary N) is 1. The van der Waals surface area contributed by atoms with Gasteiger partial charge in [0.1, 0.15) is 0 Å². The average Bonchev–Trinajstić information content (AvgIpc) is 2.90. The van der Waals surface area contributed by atoms with Gasteiger partial charge in [-0.05, 0) is 35.7 Å². The number of thioether (sulfide) groups is 1. The number of amides is 3. The molecule has 0 spiro atoms. The standard InChI is InChI=1S/C21H22N2O3S/c1-14(2)15-7-9-16(10-8-15)22-19(24)13-27-12-11-23-20(25)17-5-3-4-6-18(17)21(23)26/h3-10,14H,11-13H2,1-2H3,(H,22,24). The van der Waals surface area contributed by atoms with Gasteiger partial charge in [-0.15, -0.1) is 0 Å². The molecule has 140 valence electrons. The lowest BCUT2D eigenvalue weighted by Gasteiger charge is -2.13. The Morgan fingerprint density at radius 1 is 1.00 bits per heavy atom. The number of benzene rings is 2. The van der Waals surface area contributed by atoms with Crippen LogP contribution in [0.3, 0.4) is 0 Å². The molecule has 0 atom stereocenters. The molecule has 3 rings (SSSR count). The fourth-order valence-corrected chi connectivity index (χ4v) is 3.62. The lowest BCUT2D eigenvalue weighted by molar-refractivity contribution is -0.113. The summed E-state index contributed by atoms with van der Waals surface area (Å²) < 4.78 is 0. The predicted molar refractivity (Wildman–Crippen MR) is 108 cm³/mol. The highest BCUT2D eigenvalue weighted by atomic mass is 32.2. The number of hydrogen-bond acceptors (Lipinski definition) is 4. The van der Waals surface area contributed by atoms with Crippen LogP contribution in [-0.2, 0) is 4.79 Å². The molecular weight excluding hydrogens is 360 g/mol. The Labute approximate surface area is 163 Å². The quantitative estimate of drug-likeness (QED) is 0.585. The van der Waals surface area contributed by atoms with E-state index in [2.05, 4.69) is 19.2 Å². The van der Waals surface area contributed by atoms with Crippen LogP contribution in [0.2, 0.25) is 0 Å². The van der Waals surface area contributed by atoms with E-state index < -0.39 is 0 Å². The Kier molecular flexibility index (Phi) is 5.96. The van der Waals surface area contributed by atoms with Crippen LogP contribution < -0.4 is 5.32 Å². The van der Waals surface area contributed by atoms with E-state index in [1.165, 1.54) is 22.2 Å². The lowest BCUT2D eigenvalue weighted by atomic mass is 10.0. The number of anilines is 1. The van der Waals surface area contributed by atoms with Crippen LogP contribution in [0.4, 0.5) is 5.69 Å². The maximum Gasteiger partial charge on any atom is 0.261 e. The molecule has 1 aliphatic rings. The molecule has 6 heteroatoms. The third kappa shape index (κ3) is 4.39. The van der Waals surface area contributed by atoms with E-state index >= 15 is 0 Å². The zero-order valence-corrected chi connectivity index (χ0v) is 16.2. The first-order valence-corrected chi connectivity index (χ1v) is 10.1. The number of carbonyl (C=O) groups is 3. The van der Waals surface area contributed by atoms with Gasteiger partial charge in [-0.3, -0.25) is 19.3 Å². The van der Waals surface area contributed by atoms with Crippen molar-refractivity contribution in [2.45, 2.75) is 19.8 Å². The number of rotatable bonds is 7. The molecule has 0 saturated heterocycles. The minimum absolute atomic E-state index is 0.0975. The first kappa shape index (κ1) is 19.2. The van der Waals surface area contributed by atoms with Gasteiger partial charge >= 0.3 is 0 Å². The Morgan fingerprint density at radius 3 is 2.15 bits per heavy atom. The maximum absolute atomic E-state index is 12.3. The van der Waals surface area contributed by atoms with Gasteiger partial charge in [0.15, 0.2) is 0 Å². The monoisotopic (exact) mass is 382 g/mol. The molecule has 0 fully saturated rings. The van der Waals surface area contributed by atoms with Gasteiger partial charge < -0.3 is 5.32 Å². The van der Waals surface area contributed by atoms with Crippen LogP contribution in [0.15, 0.2) is 48.5 Å². The van der Waals surface area contributed by atoms with Gasteiger partial charge in [0, 0.05) is 18.0 Å². The van der Waals surface area contributed by atoms with E-state index in [1.807, 2.05) is 24.3 Å². The van der Waals surface area contributed by atoms with E-state index in [4.69, 9.17) is 0 Å². The molecule has 1 heterocycles. The van der Waals surface area contributed by atoms with Crippen LogP contribution in [0.5, 0.6) is 0 Å². The molecule has 2 aromatic carbocycles. The van der Waals surface area contributed by atoms with Gasteiger partial charge in [-0.25, -0.2) is 0 Å². The van der Waals surface area contributed by atoms with Crippen LogP contribution in [0.25, 0.3) is 0 Å². The highest BCUT2D eigenvalue weighted by Gasteiger charge is 2.34. The van der Waals surface area contributed by atoms with Gasteiger partial charge in [0.2, 0.25) is 5.91 Å². The van der Waals surface area contributed by atoms with Gasteiger partial charge in [0.25, 0.3) is 11.8 Å². The van der Waals surface area contributed by atoms with Crippen molar-refractivity contribution >= 4 is 35.2 Å².